The molecule has 1 fully saturated rings. The van der Waals surface area contributed by atoms with Crippen LogP contribution in [0.4, 0.5) is 0 Å². The van der Waals surface area contributed by atoms with E-state index in [1.807, 2.05) is 49.0 Å². The zero-order valence-corrected chi connectivity index (χ0v) is 14.5. The van der Waals surface area contributed by atoms with Gasteiger partial charge in [-0.3, -0.25) is 4.98 Å². The monoisotopic (exact) mass is 341 g/mol. The quantitative estimate of drug-likeness (QED) is 0.729. The van der Waals surface area contributed by atoms with Gasteiger partial charge in [0.2, 0.25) is 5.16 Å². The third-order valence-corrected chi connectivity index (χ3v) is 5.33. The van der Waals surface area contributed by atoms with Crippen LogP contribution in [0.25, 0.3) is 5.78 Å². The van der Waals surface area contributed by atoms with Gasteiger partial charge in [-0.05, 0) is 50.5 Å². The summed E-state index contributed by atoms with van der Waals surface area (Å²) in [4.78, 5) is 13.1. The Morgan fingerprint density at radius 1 is 1.21 bits per heavy atom. The number of ether oxygens (including phenoxy) is 1. The van der Waals surface area contributed by atoms with Crippen molar-refractivity contribution in [1.82, 2.24) is 24.6 Å². The highest BCUT2D eigenvalue weighted by atomic mass is 32.2. The summed E-state index contributed by atoms with van der Waals surface area (Å²) in [5.74, 6) is 0.674. The van der Waals surface area contributed by atoms with Gasteiger partial charge in [-0.1, -0.05) is 11.8 Å². The van der Waals surface area contributed by atoms with E-state index in [0.717, 1.165) is 36.0 Å². The summed E-state index contributed by atoms with van der Waals surface area (Å²) in [6.07, 6.45) is 5.72. The number of thioether (sulfide) groups is 1. The first-order valence-electron chi connectivity index (χ1n) is 8.08. The fourth-order valence-electron chi connectivity index (χ4n) is 3.03. The molecule has 4 heterocycles. The van der Waals surface area contributed by atoms with Crippen LogP contribution in [0.2, 0.25) is 0 Å². The van der Waals surface area contributed by atoms with E-state index in [-0.39, 0.29) is 6.10 Å². The molecule has 3 aromatic heterocycles. The molecular weight excluding hydrogens is 322 g/mol. The number of pyridine rings is 1. The van der Waals surface area contributed by atoms with E-state index < -0.39 is 0 Å². The van der Waals surface area contributed by atoms with Gasteiger partial charge in [-0.2, -0.15) is 4.98 Å². The smallest absolute Gasteiger partial charge is 0.253 e. The SMILES string of the molecule is Cc1cc(C)n2nc(S[C@H]3CCO[C@@H](c4ccncc4)C3)nc2n1. The zero-order valence-electron chi connectivity index (χ0n) is 13.7. The van der Waals surface area contributed by atoms with Crippen molar-refractivity contribution in [1.29, 1.82) is 0 Å². The number of fused-ring (bicyclic) bond motifs is 1. The van der Waals surface area contributed by atoms with Crippen molar-refractivity contribution < 1.29 is 4.74 Å². The second-order valence-electron chi connectivity index (χ2n) is 6.05. The van der Waals surface area contributed by atoms with Crippen LogP contribution in [0.3, 0.4) is 0 Å². The Hall–Kier alpha value is -1.99. The maximum absolute atomic E-state index is 5.93. The number of hydrogen-bond acceptors (Lipinski definition) is 6. The van der Waals surface area contributed by atoms with Crippen LogP contribution >= 0.6 is 11.8 Å². The molecule has 124 valence electrons. The Kier molecular flexibility index (Phi) is 4.20. The molecule has 0 saturated carbocycles. The summed E-state index contributed by atoms with van der Waals surface area (Å²) < 4.78 is 7.74. The molecule has 7 heteroatoms. The van der Waals surface area contributed by atoms with Gasteiger partial charge >= 0.3 is 0 Å². The minimum Gasteiger partial charge on any atom is -0.373 e. The van der Waals surface area contributed by atoms with Gasteiger partial charge in [-0.15, -0.1) is 5.10 Å². The van der Waals surface area contributed by atoms with Gasteiger partial charge in [0.1, 0.15) is 0 Å². The highest BCUT2D eigenvalue weighted by Gasteiger charge is 2.26. The van der Waals surface area contributed by atoms with Crippen LogP contribution in [0.1, 0.15) is 35.9 Å². The Bertz CT molecular complexity index is 851. The lowest BCUT2D eigenvalue weighted by Gasteiger charge is -2.28. The molecule has 0 unspecified atom stereocenters. The Labute approximate surface area is 144 Å². The summed E-state index contributed by atoms with van der Waals surface area (Å²) in [5, 5.41) is 5.83. The van der Waals surface area contributed by atoms with E-state index >= 15 is 0 Å². The third kappa shape index (κ3) is 3.14. The highest BCUT2D eigenvalue weighted by molar-refractivity contribution is 7.99. The van der Waals surface area contributed by atoms with E-state index in [9.17, 15) is 0 Å². The molecule has 24 heavy (non-hydrogen) atoms. The minimum atomic E-state index is 0.124. The lowest BCUT2D eigenvalue weighted by molar-refractivity contribution is 0.0178. The maximum atomic E-state index is 5.93. The number of aromatic nitrogens is 5. The highest BCUT2D eigenvalue weighted by Crippen LogP contribution is 2.36. The first-order valence-corrected chi connectivity index (χ1v) is 8.96. The molecule has 0 aromatic carbocycles. The minimum absolute atomic E-state index is 0.124. The van der Waals surface area contributed by atoms with Crippen molar-refractivity contribution in [3.63, 3.8) is 0 Å². The molecule has 2 atom stereocenters. The fraction of sp³-hybridized carbons (Fsp3) is 0.412. The molecule has 1 saturated heterocycles. The average Bonchev–Trinajstić information content (AvgIpc) is 2.98. The molecule has 0 N–H and O–H groups in total. The Morgan fingerprint density at radius 3 is 2.88 bits per heavy atom. The predicted octanol–water partition coefficient (Wildman–Crippen LogP) is 3.15. The molecule has 6 nitrogen and oxygen atoms in total. The Balaban J connectivity index is 1.52. The number of rotatable bonds is 3. The van der Waals surface area contributed by atoms with Gasteiger partial charge in [-0.25, -0.2) is 9.50 Å². The molecule has 1 aliphatic rings. The van der Waals surface area contributed by atoms with Gasteiger partial charge in [0.05, 0.1) is 6.10 Å². The van der Waals surface area contributed by atoms with Crippen LogP contribution in [0.15, 0.2) is 35.7 Å². The number of aryl methyl sites for hydroxylation is 2. The lowest BCUT2D eigenvalue weighted by Crippen LogP contribution is -2.21. The summed E-state index contributed by atoms with van der Waals surface area (Å²) in [7, 11) is 0. The van der Waals surface area contributed by atoms with Gasteiger partial charge in [0.25, 0.3) is 5.78 Å². The molecule has 0 radical (unpaired) electrons. The van der Waals surface area contributed by atoms with Crippen molar-refractivity contribution in [2.24, 2.45) is 0 Å². The normalized spacial score (nSPS) is 21.2. The summed E-state index contributed by atoms with van der Waals surface area (Å²) in [6.45, 7) is 4.76. The molecule has 3 aromatic rings. The van der Waals surface area contributed by atoms with E-state index in [1.54, 1.807) is 11.8 Å². The molecule has 0 spiro atoms. The maximum Gasteiger partial charge on any atom is 0.253 e. The van der Waals surface area contributed by atoms with Crippen molar-refractivity contribution in [3.05, 3.63) is 47.5 Å². The summed E-state index contributed by atoms with van der Waals surface area (Å²) in [5.41, 5.74) is 3.21. The van der Waals surface area contributed by atoms with Crippen LogP contribution < -0.4 is 0 Å². The molecule has 0 bridgehead atoms. The van der Waals surface area contributed by atoms with Crippen LogP contribution in [0.5, 0.6) is 0 Å². The van der Waals surface area contributed by atoms with E-state index in [0.29, 0.717) is 11.0 Å². The lowest BCUT2D eigenvalue weighted by atomic mass is 10.0. The van der Waals surface area contributed by atoms with E-state index in [2.05, 4.69) is 20.1 Å². The van der Waals surface area contributed by atoms with Crippen molar-refractivity contribution in [2.45, 2.75) is 43.2 Å². The van der Waals surface area contributed by atoms with Crippen molar-refractivity contribution in [3.8, 4) is 0 Å². The second-order valence-corrected chi connectivity index (χ2v) is 7.32. The van der Waals surface area contributed by atoms with Gasteiger partial charge in [0.15, 0.2) is 0 Å². The number of hydrogen-bond donors (Lipinski definition) is 0. The fourth-order valence-corrected chi connectivity index (χ4v) is 4.08. The van der Waals surface area contributed by atoms with E-state index in [4.69, 9.17) is 4.74 Å². The predicted molar refractivity (Wildman–Crippen MR) is 92.1 cm³/mol. The standard InChI is InChI=1S/C17H19N5OS/c1-11-9-12(2)22-16(19-11)20-17(21-22)24-14-5-8-23-15(10-14)13-3-6-18-7-4-13/h3-4,6-7,9,14-15H,5,8,10H2,1-2H3/t14-,15+/m0/s1. The molecule has 4 rings (SSSR count). The molecule has 0 amide bonds. The van der Waals surface area contributed by atoms with Crippen LogP contribution in [0, 0.1) is 13.8 Å². The molecule has 0 aliphatic carbocycles. The van der Waals surface area contributed by atoms with Crippen molar-refractivity contribution >= 4 is 17.5 Å². The average molecular weight is 341 g/mol. The molecular formula is C17H19N5OS. The first-order chi connectivity index (χ1) is 11.7. The Morgan fingerprint density at radius 2 is 2.04 bits per heavy atom. The topological polar surface area (TPSA) is 65.2 Å². The number of nitrogens with zero attached hydrogens (tertiary/aromatic N) is 5. The summed E-state index contributed by atoms with van der Waals surface area (Å²) in [6, 6.07) is 6.07. The van der Waals surface area contributed by atoms with Crippen molar-refractivity contribution in [2.75, 3.05) is 6.61 Å². The van der Waals surface area contributed by atoms with Gasteiger partial charge in [0, 0.05) is 35.6 Å². The third-order valence-electron chi connectivity index (χ3n) is 4.18. The van der Waals surface area contributed by atoms with E-state index in [1.165, 1.54) is 5.56 Å². The molecule has 1 aliphatic heterocycles. The first kappa shape index (κ1) is 15.5. The van der Waals surface area contributed by atoms with Crippen LogP contribution in [-0.2, 0) is 4.74 Å². The zero-order chi connectivity index (χ0) is 16.5. The largest absolute Gasteiger partial charge is 0.373 e. The second kappa shape index (κ2) is 6.49. The van der Waals surface area contributed by atoms with Crippen LogP contribution in [-0.4, -0.2) is 36.4 Å². The summed E-state index contributed by atoms with van der Waals surface area (Å²) >= 11 is 1.72. The van der Waals surface area contributed by atoms with Gasteiger partial charge < -0.3 is 4.74 Å².